The first-order valence-corrected chi connectivity index (χ1v) is 17.1. The van der Waals surface area contributed by atoms with Crippen molar-refractivity contribution in [2.24, 2.45) is 23.2 Å². The molecule has 0 bridgehead atoms. The van der Waals surface area contributed by atoms with Crippen molar-refractivity contribution in [1.29, 1.82) is 0 Å². The number of alkyl halides is 5. The predicted octanol–water partition coefficient (Wildman–Crippen LogP) is 8.43. The Morgan fingerprint density at radius 1 is 1.02 bits per heavy atom. The van der Waals surface area contributed by atoms with E-state index in [-0.39, 0.29) is 11.8 Å². The van der Waals surface area contributed by atoms with Gasteiger partial charge in [-0.2, -0.15) is 33.7 Å². The molecule has 3 aliphatic carbocycles. The third-order valence-electron chi connectivity index (χ3n) is 10.9. The summed E-state index contributed by atoms with van der Waals surface area (Å²) in [5.74, 6) is 1.38. The van der Waals surface area contributed by atoms with Gasteiger partial charge >= 0.3 is 12.1 Å². The van der Waals surface area contributed by atoms with Crippen LogP contribution in [0.3, 0.4) is 0 Å². The number of benzene rings is 1. The van der Waals surface area contributed by atoms with Crippen molar-refractivity contribution in [2.75, 3.05) is 31.6 Å². The molecule has 3 nitrogen and oxygen atoms in total. The highest BCUT2D eigenvalue weighted by molar-refractivity contribution is 7.99. The largest absolute Gasteiger partial charge is 0.508 e. The molecule has 0 heterocycles. The number of hydrogen-bond donors (Lipinski definition) is 2. The van der Waals surface area contributed by atoms with Crippen LogP contribution in [0.1, 0.15) is 94.6 Å². The first-order valence-electron chi connectivity index (χ1n) is 16.0. The summed E-state index contributed by atoms with van der Waals surface area (Å²) in [6, 6.07) is 5.87. The van der Waals surface area contributed by atoms with Crippen LogP contribution in [0.15, 0.2) is 18.2 Å². The molecule has 0 aliphatic heterocycles. The molecule has 0 radical (unpaired) electrons. The highest BCUT2D eigenvalue weighted by Gasteiger charge is 2.62. The zero-order valence-electron chi connectivity index (χ0n) is 25.6. The van der Waals surface area contributed by atoms with Crippen LogP contribution in [0, 0.1) is 35.5 Å². The lowest BCUT2D eigenvalue weighted by Gasteiger charge is -2.54. The monoisotopic (exact) mass is 629 g/mol. The third-order valence-corrected chi connectivity index (χ3v) is 12.1. The van der Waals surface area contributed by atoms with E-state index in [9.17, 15) is 32.2 Å². The van der Waals surface area contributed by atoms with Crippen molar-refractivity contribution in [3.8, 4) is 18.1 Å². The summed E-state index contributed by atoms with van der Waals surface area (Å²) < 4.78 is 62.7. The minimum absolute atomic E-state index is 0.146. The number of halogens is 5. The molecular formula is C34H48F5NO2S. The fourth-order valence-corrected chi connectivity index (χ4v) is 9.35. The van der Waals surface area contributed by atoms with Crippen LogP contribution >= 0.6 is 11.8 Å². The smallest absolute Gasteiger partial charge is 0.453 e. The summed E-state index contributed by atoms with van der Waals surface area (Å²) in [6.45, 7) is 4.05. The number of hydrogen-bond acceptors (Lipinski definition) is 4. The van der Waals surface area contributed by atoms with Crippen LogP contribution in [0.5, 0.6) is 5.75 Å². The fraction of sp³-hybridized carbons (Fsp3) is 0.765. The summed E-state index contributed by atoms with van der Waals surface area (Å²) in [6.07, 6.45) is 8.96. The maximum atomic E-state index is 13.0. The van der Waals surface area contributed by atoms with Gasteiger partial charge in [0, 0.05) is 11.8 Å². The summed E-state index contributed by atoms with van der Waals surface area (Å²) >= 11 is 1.44. The van der Waals surface area contributed by atoms with Crippen LogP contribution in [-0.2, 0) is 6.42 Å². The number of terminal acetylenes is 1. The second kappa shape index (κ2) is 13.9. The van der Waals surface area contributed by atoms with Gasteiger partial charge in [0.2, 0.25) is 0 Å². The second-order valence-electron chi connectivity index (χ2n) is 13.6. The number of aliphatic hydroxyl groups is 1. The Balaban J connectivity index is 1.20. The van der Waals surface area contributed by atoms with Gasteiger partial charge in [-0.15, -0.1) is 6.42 Å². The third kappa shape index (κ3) is 7.49. The molecule has 4 rings (SSSR count). The summed E-state index contributed by atoms with van der Waals surface area (Å²) in [7, 11) is 2.07. The quantitative estimate of drug-likeness (QED) is 0.123. The van der Waals surface area contributed by atoms with Gasteiger partial charge in [-0.3, -0.25) is 0 Å². The lowest BCUT2D eigenvalue weighted by molar-refractivity contribution is -0.284. The molecule has 0 spiro atoms. The van der Waals surface area contributed by atoms with Gasteiger partial charge in [0.1, 0.15) is 11.4 Å². The van der Waals surface area contributed by atoms with Gasteiger partial charge in [-0.05, 0) is 136 Å². The maximum Gasteiger partial charge on any atom is 0.453 e. The van der Waals surface area contributed by atoms with E-state index in [2.05, 4.69) is 30.9 Å². The number of rotatable bonds is 14. The van der Waals surface area contributed by atoms with E-state index in [1.807, 2.05) is 12.1 Å². The second-order valence-corrected chi connectivity index (χ2v) is 14.8. The van der Waals surface area contributed by atoms with Gasteiger partial charge < -0.3 is 15.1 Å². The zero-order chi connectivity index (χ0) is 31.5. The Kier molecular flexibility index (Phi) is 11.1. The highest BCUT2D eigenvalue weighted by Crippen LogP contribution is 2.65. The number of phenols is 1. The molecule has 2 saturated carbocycles. The van der Waals surface area contributed by atoms with E-state index >= 15 is 0 Å². The fourth-order valence-electron chi connectivity index (χ4n) is 8.47. The van der Waals surface area contributed by atoms with Crippen LogP contribution < -0.4 is 0 Å². The molecular weight excluding hydrogens is 581 g/mol. The van der Waals surface area contributed by atoms with Gasteiger partial charge in [-0.1, -0.05) is 31.8 Å². The first-order chi connectivity index (χ1) is 20.2. The number of phenolic OH excluding ortho intramolecular Hbond substituents is 1. The maximum absolute atomic E-state index is 13.0. The van der Waals surface area contributed by atoms with Gasteiger partial charge in [0.15, 0.2) is 0 Å². The lowest BCUT2D eigenvalue weighted by Crippen LogP contribution is -2.52. The van der Waals surface area contributed by atoms with Crippen molar-refractivity contribution in [1.82, 2.24) is 4.90 Å². The molecule has 3 aliphatic rings. The molecule has 0 aromatic heterocycles. The van der Waals surface area contributed by atoms with Crippen LogP contribution in [0.2, 0.25) is 0 Å². The van der Waals surface area contributed by atoms with Crippen LogP contribution in [-0.4, -0.2) is 64.5 Å². The average Bonchev–Trinajstić information content (AvgIpc) is 3.22. The standard InChI is InChI=1S/C34H48F5NO2S/c1-4-32(42)17-14-29-30-24(22-25-23-26(41)11-12-27(25)28(30)13-16-31(29,32)2)10-6-5-7-18-40(3)19-9-21-43-20-8-15-33(35,36)34(37,38)39/h1,11-12,23-24,28-30,41-42H,5-10,13-22H2,2-3H3/t24-,28-,29+,30-,31+,32+/m1/s1. The van der Waals surface area contributed by atoms with Crippen molar-refractivity contribution >= 4 is 11.8 Å². The van der Waals surface area contributed by atoms with Gasteiger partial charge in [-0.25, -0.2) is 0 Å². The van der Waals surface area contributed by atoms with E-state index in [0.29, 0.717) is 41.6 Å². The molecule has 9 heteroatoms. The molecule has 2 fully saturated rings. The molecule has 6 atom stereocenters. The SMILES string of the molecule is C#C[C@]1(O)CC[C@H]2[C@@H]3[C@H](CCCCCN(C)CCCSCCCC(F)(F)C(F)(F)F)Cc4cc(O)ccc4[C@H]3CC[C@@]21C. The Morgan fingerprint density at radius 2 is 1.74 bits per heavy atom. The Hall–Kier alpha value is -1.50. The summed E-state index contributed by atoms with van der Waals surface area (Å²) in [5, 5.41) is 21.6. The highest BCUT2D eigenvalue weighted by atomic mass is 32.2. The van der Waals surface area contributed by atoms with Crippen molar-refractivity contribution in [3.63, 3.8) is 0 Å². The predicted molar refractivity (Wildman–Crippen MR) is 164 cm³/mol. The topological polar surface area (TPSA) is 43.7 Å². The van der Waals surface area contributed by atoms with E-state index in [1.54, 1.807) is 0 Å². The molecule has 242 valence electrons. The van der Waals surface area contributed by atoms with Crippen molar-refractivity contribution in [2.45, 2.75) is 108 Å². The first kappa shape index (κ1) is 34.4. The van der Waals surface area contributed by atoms with E-state index in [1.165, 1.54) is 22.9 Å². The molecule has 0 saturated heterocycles. The number of fused-ring (bicyclic) bond motifs is 5. The number of unbranched alkanes of at least 4 members (excludes halogenated alkanes) is 2. The van der Waals surface area contributed by atoms with Gasteiger partial charge in [0.25, 0.3) is 0 Å². The normalized spacial score (nSPS) is 30.5. The molecule has 43 heavy (non-hydrogen) atoms. The van der Waals surface area contributed by atoms with E-state index < -0.39 is 24.1 Å². The Labute approximate surface area is 258 Å². The zero-order valence-corrected chi connectivity index (χ0v) is 26.4. The number of nitrogens with zero attached hydrogens (tertiary/aromatic N) is 1. The molecule has 1 aromatic carbocycles. The molecule has 0 amide bonds. The summed E-state index contributed by atoms with van der Waals surface area (Å²) in [5.41, 5.74) is 1.35. The van der Waals surface area contributed by atoms with E-state index in [4.69, 9.17) is 6.42 Å². The van der Waals surface area contributed by atoms with Gasteiger partial charge in [0.05, 0.1) is 0 Å². The Bertz CT molecular complexity index is 1120. The molecule has 0 unspecified atom stereocenters. The summed E-state index contributed by atoms with van der Waals surface area (Å²) in [4.78, 5) is 2.26. The lowest BCUT2D eigenvalue weighted by atomic mass is 9.50. The van der Waals surface area contributed by atoms with Crippen molar-refractivity contribution < 1.29 is 32.2 Å². The minimum atomic E-state index is -5.46. The van der Waals surface area contributed by atoms with Crippen molar-refractivity contribution in [3.05, 3.63) is 29.3 Å². The number of aromatic hydroxyl groups is 1. The minimum Gasteiger partial charge on any atom is -0.508 e. The number of thioether (sulfide) groups is 1. The van der Waals surface area contributed by atoms with E-state index in [0.717, 1.165) is 76.6 Å². The molecule has 2 N–H and O–H groups in total. The average molecular weight is 630 g/mol. The molecule has 1 aromatic rings. The van der Waals surface area contributed by atoms with Crippen LogP contribution in [0.4, 0.5) is 22.0 Å². The Morgan fingerprint density at radius 3 is 2.47 bits per heavy atom. The van der Waals surface area contributed by atoms with Crippen LogP contribution in [0.25, 0.3) is 0 Å².